The molecular formula is C16H23NO2. The maximum atomic E-state index is 5.80. The van der Waals surface area contributed by atoms with Gasteiger partial charge in [0, 0.05) is 17.6 Å². The third-order valence-electron chi connectivity index (χ3n) is 4.15. The molecule has 1 heterocycles. The predicted octanol–water partition coefficient (Wildman–Crippen LogP) is 3.44. The SMILES string of the molecule is CC(NC1CCCCC1)c1cccc2c1OCCO2. The first-order valence-electron chi connectivity index (χ1n) is 7.49. The van der Waals surface area contributed by atoms with Crippen LogP contribution in [0.2, 0.25) is 0 Å². The summed E-state index contributed by atoms with van der Waals surface area (Å²) in [6, 6.07) is 7.17. The van der Waals surface area contributed by atoms with E-state index in [2.05, 4.69) is 24.4 Å². The van der Waals surface area contributed by atoms with Crippen LogP contribution in [0.25, 0.3) is 0 Å². The van der Waals surface area contributed by atoms with E-state index in [1.165, 1.54) is 37.7 Å². The Morgan fingerprint density at radius 2 is 1.89 bits per heavy atom. The molecule has 1 aliphatic carbocycles. The van der Waals surface area contributed by atoms with E-state index in [4.69, 9.17) is 9.47 Å². The molecular weight excluding hydrogens is 238 g/mol. The number of ether oxygens (including phenoxy) is 2. The van der Waals surface area contributed by atoms with Crippen LogP contribution in [0.1, 0.15) is 50.6 Å². The first-order valence-corrected chi connectivity index (χ1v) is 7.49. The maximum absolute atomic E-state index is 5.80. The zero-order chi connectivity index (χ0) is 13.1. The van der Waals surface area contributed by atoms with Crippen LogP contribution in [0, 0.1) is 0 Å². The molecule has 0 spiro atoms. The Hall–Kier alpha value is -1.22. The van der Waals surface area contributed by atoms with Crippen LogP contribution in [0.5, 0.6) is 11.5 Å². The standard InChI is InChI=1S/C16H23NO2/c1-12(17-13-6-3-2-4-7-13)14-8-5-9-15-16(14)19-11-10-18-15/h5,8-9,12-13,17H,2-4,6-7,10-11H2,1H3. The highest BCUT2D eigenvalue weighted by Crippen LogP contribution is 2.37. The quantitative estimate of drug-likeness (QED) is 0.904. The first kappa shape index (κ1) is 12.8. The minimum Gasteiger partial charge on any atom is -0.486 e. The molecule has 0 bridgehead atoms. The minimum atomic E-state index is 0.319. The monoisotopic (exact) mass is 261 g/mol. The zero-order valence-electron chi connectivity index (χ0n) is 11.7. The van der Waals surface area contributed by atoms with Crippen LogP contribution in [0.4, 0.5) is 0 Å². The first-order chi connectivity index (χ1) is 9.34. The van der Waals surface area contributed by atoms with Crippen molar-refractivity contribution in [1.82, 2.24) is 5.32 Å². The summed E-state index contributed by atoms with van der Waals surface area (Å²) in [6.07, 6.45) is 6.71. The van der Waals surface area contributed by atoms with Crippen LogP contribution in [-0.2, 0) is 0 Å². The van der Waals surface area contributed by atoms with E-state index in [1.807, 2.05) is 6.07 Å². The molecule has 1 aromatic rings. The molecule has 2 aliphatic rings. The van der Waals surface area contributed by atoms with E-state index in [-0.39, 0.29) is 0 Å². The van der Waals surface area contributed by atoms with Crippen molar-refractivity contribution in [1.29, 1.82) is 0 Å². The molecule has 1 unspecified atom stereocenters. The van der Waals surface area contributed by atoms with Crippen LogP contribution in [0.3, 0.4) is 0 Å². The van der Waals surface area contributed by atoms with Crippen molar-refractivity contribution < 1.29 is 9.47 Å². The van der Waals surface area contributed by atoms with Gasteiger partial charge in [-0.1, -0.05) is 31.4 Å². The summed E-state index contributed by atoms with van der Waals surface area (Å²) in [5.41, 5.74) is 1.22. The van der Waals surface area contributed by atoms with E-state index in [0.717, 1.165) is 11.5 Å². The van der Waals surface area contributed by atoms with Gasteiger partial charge >= 0.3 is 0 Å². The Labute approximate surface area is 115 Å². The van der Waals surface area contributed by atoms with E-state index in [1.54, 1.807) is 0 Å². The largest absolute Gasteiger partial charge is 0.486 e. The van der Waals surface area contributed by atoms with Crippen molar-refractivity contribution in [2.75, 3.05) is 13.2 Å². The number of nitrogens with one attached hydrogen (secondary N) is 1. The summed E-state index contributed by atoms with van der Waals surface area (Å²) in [6.45, 7) is 3.53. The van der Waals surface area contributed by atoms with Crippen LogP contribution in [-0.4, -0.2) is 19.3 Å². The third kappa shape index (κ3) is 2.86. The summed E-state index contributed by atoms with van der Waals surface area (Å²) in [5.74, 6) is 1.82. The summed E-state index contributed by atoms with van der Waals surface area (Å²) in [5, 5.41) is 3.75. The van der Waals surface area contributed by atoms with Gasteiger partial charge in [-0.15, -0.1) is 0 Å². The van der Waals surface area contributed by atoms with Gasteiger partial charge in [-0.05, 0) is 25.8 Å². The van der Waals surface area contributed by atoms with Gasteiger partial charge in [0.25, 0.3) is 0 Å². The second-order valence-corrected chi connectivity index (χ2v) is 5.59. The number of rotatable bonds is 3. The molecule has 1 aliphatic heterocycles. The molecule has 104 valence electrons. The summed E-state index contributed by atoms with van der Waals surface area (Å²) in [4.78, 5) is 0. The lowest BCUT2D eigenvalue weighted by Crippen LogP contribution is -2.33. The van der Waals surface area contributed by atoms with E-state index in [0.29, 0.717) is 25.3 Å². The van der Waals surface area contributed by atoms with E-state index >= 15 is 0 Å². The fourth-order valence-corrected chi connectivity index (χ4v) is 3.15. The van der Waals surface area contributed by atoms with Gasteiger partial charge in [0.2, 0.25) is 0 Å². The van der Waals surface area contributed by atoms with Gasteiger partial charge in [0.1, 0.15) is 13.2 Å². The molecule has 3 rings (SSSR count). The number of hydrogen-bond acceptors (Lipinski definition) is 3. The van der Waals surface area contributed by atoms with Crippen molar-refractivity contribution in [3.8, 4) is 11.5 Å². The molecule has 1 N–H and O–H groups in total. The molecule has 19 heavy (non-hydrogen) atoms. The average Bonchev–Trinajstić information content (AvgIpc) is 2.47. The lowest BCUT2D eigenvalue weighted by molar-refractivity contribution is 0.168. The van der Waals surface area contributed by atoms with Crippen molar-refractivity contribution in [2.45, 2.75) is 51.1 Å². The van der Waals surface area contributed by atoms with Crippen molar-refractivity contribution in [3.05, 3.63) is 23.8 Å². The van der Waals surface area contributed by atoms with Gasteiger partial charge in [0.05, 0.1) is 0 Å². The molecule has 3 heteroatoms. The fraction of sp³-hybridized carbons (Fsp3) is 0.625. The fourth-order valence-electron chi connectivity index (χ4n) is 3.15. The third-order valence-corrected chi connectivity index (χ3v) is 4.15. The summed E-state index contributed by atoms with van der Waals surface area (Å²) in [7, 11) is 0. The molecule has 1 atom stereocenters. The molecule has 0 saturated heterocycles. The average molecular weight is 261 g/mol. The van der Waals surface area contributed by atoms with Gasteiger partial charge in [-0.25, -0.2) is 0 Å². The molecule has 1 aromatic carbocycles. The Morgan fingerprint density at radius 3 is 2.74 bits per heavy atom. The summed E-state index contributed by atoms with van der Waals surface area (Å²) >= 11 is 0. The van der Waals surface area contributed by atoms with Crippen LogP contribution >= 0.6 is 0 Å². The van der Waals surface area contributed by atoms with Crippen LogP contribution < -0.4 is 14.8 Å². The maximum Gasteiger partial charge on any atom is 0.166 e. The number of benzene rings is 1. The Bertz CT molecular complexity index is 427. The Kier molecular flexibility index (Phi) is 3.92. The predicted molar refractivity (Wildman–Crippen MR) is 75.9 cm³/mol. The second-order valence-electron chi connectivity index (χ2n) is 5.59. The zero-order valence-corrected chi connectivity index (χ0v) is 11.7. The normalized spacial score (nSPS) is 21.1. The van der Waals surface area contributed by atoms with Crippen molar-refractivity contribution >= 4 is 0 Å². The Balaban J connectivity index is 1.73. The topological polar surface area (TPSA) is 30.5 Å². The van der Waals surface area contributed by atoms with Gasteiger partial charge in [0.15, 0.2) is 11.5 Å². The van der Waals surface area contributed by atoms with Gasteiger partial charge in [-0.3, -0.25) is 0 Å². The van der Waals surface area contributed by atoms with E-state index < -0.39 is 0 Å². The molecule has 1 saturated carbocycles. The molecule has 0 aromatic heterocycles. The van der Waals surface area contributed by atoms with Gasteiger partial charge < -0.3 is 14.8 Å². The van der Waals surface area contributed by atoms with Crippen LogP contribution in [0.15, 0.2) is 18.2 Å². The lowest BCUT2D eigenvalue weighted by atomic mass is 9.94. The second kappa shape index (κ2) is 5.83. The molecule has 0 amide bonds. The highest BCUT2D eigenvalue weighted by molar-refractivity contribution is 5.48. The lowest BCUT2D eigenvalue weighted by Gasteiger charge is -2.29. The van der Waals surface area contributed by atoms with Crippen molar-refractivity contribution in [2.24, 2.45) is 0 Å². The van der Waals surface area contributed by atoms with Crippen molar-refractivity contribution in [3.63, 3.8) is 0 Å². The molecule has 1 fully saturated rings. The highest BCUT2D eigenvalue weighted by atomic mass is 16.6. The number of hydrogen-bond donors (Lipinski definition) is 1. The van der Waals surface area contributed by atoms with E-state index in [9.17, 15) is 0 Å². The Morgan fingerprint density at radius 1 is 1.11 bits per heavy atom. The minimum absolute atomic E-state index is 0.319. The summed E-state index contributed by atoms with van der Waals surface area (Å²) < 4.78 is 11.5. The number of fused-ring (bicyclic) bond motifs is 1. The molecule has 0 radical (unpaired) electrons. The van der Waals surface area contributed by atoms with Gasteiger partial charge in [-0.2, -0.15) is 0 Å². The number of para-hydroxylation sites is 1. The molecule has 3 nitrogen and oxygen atoms in total. The highest BCUT2D eigenvalue weighted by Gasteiger charge is 2.22. The smallest absolute Gasteiger partial charge is 0.166 e.